The van der Waals surface area contributed by atoms with Crippen LogP contribution in [0.15, 0.2) is 11.0 Å². The Kier molecular flexibility index (Phi) is 5.78. The zero-order valence-electron chi connectivity index (χ0n) is 11.5. The molecule has 18 heavy (non-hydrogen) atoms. The first kappa shape index (κ1) is 15.6. The van der Waals surface area contributed by atoms with Crippen LogP contribution in [0.3, 0.4) is 0 Å². The van der Waals surface area contributed by atoms with Crippen LogP contribution in [-0.4, -0.2) is 32.9 Å². The van der Waals surface area contributed by atoms with Crippen LogP contribution >= 0.6 is 11.3 Å². The monoisotopic (exact) mass is 290 g/mol. The van der Waals surface area contributed by atoms with Crippen LogP contribution in [0.2, 0.25) is 0 Å². The van der Waals surface area contributed by atoms with Crippen molar-refractivity contribution >= 4 is 21.4 Å². The molecule has 0 saturated heterocycles. The molecule has 0 spiro atoms. The predicted molar refractivity (Wildman–Crippen MR) is 76.5 cm³/mol. The van der Waals surface area contributed by atoms with Crippen LogP contribution in [0.1, 0.15) is 30.0 Å². The summed E-state index contributed by atoms with van der Waals surface area (Å²) in [5.41, 5.74) is 0. The van der Waals surface area contributed by atoms with Crippen molar-refractivity contribution in [2.24, 2.45) is 0 Å². The van der Waals surface area contributed by atoms with Crippen molar-refractivity contribution in [2.45, 2.75) is 38.6 Å². The van der Waals surface area contributed by atoms with E-state index in [0.29, 0.717) is 11.4 Å². The summed E-state index contributed by atoms with van der Waals surface area (Å²) in [5, 5.41) is 3.21. The maximum absolute atomic E-state index is 12.3. The average Bonchev–Trinajstić information content (AvgIpc) is 2.69. The van der Waals surface area contributed by atoms with Gasteiger partial charge in [-0.2, -0.15) is 0 Å². The minimum absolute atomic E-state index is 0.455. The van der Waals surface area contributed by atoms with Crippen molar-refractivity contribution in [3.05, 3.63) is 15.8 Å². The van der Waals surface area contributed by atoms with Crippen molar-refractivity contribution in [1.82, 2.24) is 9.62 Å². The summed E-state index contributed by atoms with van der Waals surface area (Å²) >= 11 is 1.55. The molecule has 1 aromatic rings. The molecule has 0 saturated carbocycles. The van der Waals surface area contributed by atoms with Gasteiger partial charge in [0.15, 0.2) is 0 Å². The molecule has 0 unspecified atom stereocenters. The van der Waals surface area contributed by atoms with Gasteiger partial charge in [0.2, 0.25) is 10.0 Å². The van der Waals surface area contributed by atoms with Gasteiger partial charge in [0.05, 0.1) is 4.90 Å². The Morgan fingerprint density at radius 3 is 2.61 bits per heavy atom. The van der Waals surface area contributed by atoms with E-state index in [4.69, 9.17) is 0 Å². The predicted octanol–water partition coefficient (Wildman–Crippen LogP) is 2.20. The number of nitrogens with one attached hydrogen (secondary N) is 1. The molecule has 0 aromatic carbocycles. The second-order valence-electron chi connectivity index (χ2n) is 4.24. The third kappa shape index (κ3) is 3.54. The van der Waals surface area contributed by atoms with E-state index in [-0.39, 0.29) is 0 Å². The second kappa shape index (κ2) is 6.65. The third-order valence-electron chi connectivity index (χ3n) is 2.70. The zero-order chi connectivity index (χ0) is 13.8. The van der Waals surface area contributed by atoms with E-state index in [9.17, 15) is 8.42 Å². The normalized spacial score (nSPS) is 12.3. The van der Waals surface area contributed by atoms with Crippen molar-refractivity contribution in [3.8, 4) is 0 Å². The maximum atomic E-state index is 12.3. The van der Waals surface area contributed by atoms with Crippen LogP contribution in [0.5, 0.6) is 0 Å². The smallest absolute Gasteiger partial charge is 0.243 e. The van der Waals surface area contributed by atoms with Crippen LogP contribution in [0.25, 0.3) is 0 Å². The van der Waals surface area contributed by atoms with E-state index in [1.807, 2.05) is 20.8 Å². The molecular weight excluding hydrogens is 268 g/mol. The topological polar surface area (TPSA) is 49.4 Å². The summed E-state index contributed by atoms with van der Waals surface area (Å²) in [7, 11) is -1.68. The Morgan fingerprint density at radius 1 is 1.39 bits per heavy atom. The highest BCUT2D eigenvalue weighted by molar-refractivity contribution is 7.89. The number of rotatable bonds is 7. The summed E-state index contributed by atoms with van der Waals surface area (Å²) in [4.78, 5) is 2.39. The molecule has 0 aliphatic rings. The number of sulfonamides is 1. The fraction of sp³-hybridized carbons (Fsp3) is 0.667. The van der Waals surface area contributed by atoms with Crippen molar-refractivity contribution in [3.63, 3.8) is 0 Å². The summed E-state index contributed by atoms with van der Waals surface area (Å²) < 4.78 is 26.1. The lowest BCUT2D eigenvalue weighted by molar-refractivity contribution is 0.468. The van der Waals surface area contributed by atoms with Gasteiger partial charge in [-0.25, -0.2) is 12.7 Å². The first-order valence-corrected chi connectivity index (χ1v) is 8.45. The van der Waals surface area contributed by atoms with E-state index in [2.05, 4.69) is 5.32 Å². The second-order valence-corrected chi connectivity index (χ2v) is 7.59. The van der Waals surface area contributed by atoms with Crippen LogP contribution in [0, 0.1) is 6.92 Å². The number of hydrogen-bond acceptors (Lipinski definition) is 4. The fourth-order valence-corrected chi connectivity index (χ4v) is 4.55. The van der Waals surface area contributed by atoms with Crippen molar-refractivity contribution in [2.75, 3.05) is 20.1 Å². The molecule has 1 rings (SSSR count). The lowest BCUT2D eigenvalue weighted by atomic mass is 10.4. The molecule has 0 fully saturated rings. The molecule has 6 heteroatoms. The number of nitrogens with zero attached hydrogens (tertiary/aromatic N) is 1. The van der Waals surface area contributed by atoms with E-state index in [0.717, 1.165) is 29.3 Å². The third-order valence-corrected chi connectivity index (χ3v) is 5.86. The zero-order valence-corrected chi connectivity index (χ0v) is 13.1. The molecular formula is C12H22N2O2S2. The van der Waals surface area contributed by atoms with E-state index in [1.54, 1.807) is 24.5 Å². The highest BCUT2D eigenvalue weighted by Crippen LogP contribution is 2.27. The van der Waals surface area contributed by atoms with Crippen LogP contribution in [0.4, 0.5) is 0 Å². The quantitative estimate of drug-likeness (QED) is 0.837. The van der Waals surface area contributed by atoms with Gasteiger partial charge in [0.1, 0.15) is 0 Å². The first-order chi connectivity index (χ1) is 8.43. The molecule has 4 nitrogen and oxygen atoms in total. The number of aryl methyl sites for hydroxylation is 1. The van der Waals surface area contributed by atoms with Crippen molar-refractivity contribution in [1.29, 1.82) is 0 Å². The standard InChI is InChI=1S/C12H22N2O2S2/c1-5-7-14(4)18(15,16)12-8-11(9-13-6-2)17-10(12)3/h8,13H,5-7,9H2,1-4H3. The molecule has 0 aliphatic carbocycles. The van der Waals surface area contributed by atoms with E-state index >= 15 is 0 Å². The van der Waals surface area contributed by atoms with Gasteiger partial charge in [0, 0.05) is 29.9 Å². The van der Waals surface area contributed by atoms with Gasteiger partial charge in [-0.3, -0.25) is 0 Å². The molecule has 1 N–H and O–H groups in total. The van der Waals surface area contributed by atoms with Crippen LogP contribution in [-0.2, 0) is 16.6 Å². The molecule has 0 atom stereocenters. The average molecular weight is 290 g/mol. The van der Waals surface area contributed by atoms with E-state index in [1.165, 1.54) is 4.31 Å². The Balaban J connectivity index is 2.98. The summed E-state index contributed by atoms with van der Waals surface area (Å²) in [5.74, 6) is 0. The lowest BCUT2D eigenvalue weighted by Crippen LogP contribution is -2.27. The molecule has 104 valence electrons. The van der Waals surface area contributed by atoms with Gasteiger partial charge in [-0.15, -0.1) is 11.3 Å². The fourth-order valence-electron chi connectivity index (χ4n) is 1.72. The molecule has 0 amide bonds. The number of hydrogen-bond donors (Lipinski definition) is 1. The molecule has 0 radical (unpaired) electrons. The summed E-state index contributed by atoms with van der Waals surface area (Å²) in [6, 6.07) is 1.80. The largest absolute Gasteiger partial charge is 0.312 e. The highest BCUT2D eigenvalue weighted by atomic mass is 32.2. The number of thiophene rings is 1. The Bertz CT molecular complexity index is 480. The first-order valence-electron chi connectivity index (χ1n) is 6.19. The van der Waals surface area contributed by atoms with Gasteiger partial charge in [-0.05, 0) is 26.0 Å². The minimum Gasteiger partial charge on any atom is -0.312 e. The van der Waals surface area contributed by atoms with Gasteiger partial charge in [-0.1, -0.05) is 13.8 Å². The SMILES string of the molecule is CCCN(C)S(=O)(=O)c1cc(CNCC)sc1C. The Labute approximate surface area is 114 Å². The molecule has 1 aromatic heterocycles. The maximum Gasteiger partial charge on any atom is 0.243 e. The lowest BCUT2D eigenvalue weighted by Gasteiger charge is -2.15. The minimum atomic E-state index is -3.32. The van der Waals surface area contributed by atoms with Gasteiger partial charge in [0.25, 0.3) is 0 Å². The van der Waals surface area contributed by atoms with Crippen molar-refractivity contribution < 1.29 is 8.42 Å². The highest BCUT2D eigenvalue weighted by Gasteiger charge is 2.24. The molecule has 0 bridgehead atoms. The summed E-state index contributed by atoms with van der Waals surface area (Å²) in [6.07, 6.45) is 0.823. The van der Waals surface area contributed by atoms with Crippen LogP contribution < -0.4 is 5.32 Å². The Morgan fingerprint density at radius 2 is 2.06 bits per heavy atom. The Hall–Kier alpha value is -0.430. The molecule has 1 heterocycles. The van der Waals surface area contributed by atoms with Gasteiger partial charge < -0.3 is 5.32 Å². The molecule has 0 aliphatic heterocycles. The van der Waals surface area contributed by atoms with E-state index < -0.39 is 10.0 Å². The summed E-state index contributed by atoms with van der Waals surface area (Å²) in [6.45, 7) is 8.05. The van der Waals surface area contributed by atoms with Gasteiger partial charge >= 0.3 is 0 Å².